The summed E-state index contributed by atoms with van der Waals surface area (Å²) in [7, 11) is 0. The van der Waals surface area contributed by atoms with Crippen LogP contribution in [0.5, 0.6) is 0 Å². The van der Waals surface area contributed by atoms with Crippen molar-refractivity contribution in [3.05, 3.63) is 47.2 Å². The smallest absolute Gasteiger partial charge is 0.191 e. The van der Waals surface area contributed by atoms with Gasteiger partial charge in [0.25, 0.3) is 0 Å². The van der Waals surface area contributed by atoms with Crippen molar-refractivity contribution in [2.75, 3.05) is 13.1 Å². The molecule has 0 radical (unpaired) electrons. The second-order valence-corrected chi connectivity index (χ2v) is 5.67. The van der Waals surface area contributed by atoms with Crippen LogP contribution >= 0.6 is 11.3 Å². The second kappa shape index (κ2) is 8.99. The number of rotatable bonds is 8. The average Bonchev–Trinajstić information content (AvgIpc) is 3.20. The molecule has 6 nitrogen and oxygen atoms in total. The van der Waals surface area contributed by atoms with E-state index in [-0.39, 0.29) is 0 Å². The Morgan fingerprint density at radius 3 is 3.14 bits per heavy atom. The summed E-state index contributed by atoms with van der Waals surface area (Å²) in [6.07, 6.45) is 4.46. The molecule has 0 fully saturated rings. The number of hydrogen-bond acceptors (Lipinski definition) is 4. The van der Waals surface area contributed by atoms with Crippen molar-refractivity contribution in [1.29, 1.82) is 0 Å². The minimum atomic E-state index is 0.678. The fraction of sp³-hybridized carbons (Fsp3) is 0.400. The van der Waals surface area contributed by atoms with Crippen molar-refractivity contribution < 1.29 is 0 Å². The predicted molar refractivity (Wildman–Crippen MR) is 91.1 cm³/mol. The van der Waals surface area contributed by atoms with Crippen molar-refractivity contribution in [3.8, 4) is 0 Å². The summed E-state index contributed by atoms with van der Waals surface area (Å²) in [4.78, 5) is 5.82. The van der Waals surface area contributed by atoms with Gasteiger partial charge in [-0.15, -0.1) is 28.1 Å². The number of aryl methyl sites for hydroxylation is 1. The van der Waals surface area contributed by atoms with Crippen LogP contribution in [-0.2, 0) is 19.5 Å². The van der Waals surface area contributed by atoms with E-state index >= 15 is 0 Å². The zero-order chi connectivity index (χ0) is 15.6. The SMILES string of the molecule is C=CCNC(=NCc1cccs1)NCCn1cnnc1CC. The minimum absolute atomic E-state index is 0.678. The quantitative estimate of drug-likeness (QED) is 0.443. The van der Waals surface area contributed by atoms with Crippen LogP contribution in [0.25, 0.3) is 0 Å². The molecule has 0 bridgehead atoms. The zero-order valence-corrected chi connectivity index (χ0v) is 13.6. The van der Waals surface area contributed by atoms with Crippen LogP contribution < -0.4 is 10.6 Å². The van der Waals surface area contributed by atoms with E-state index in [4.69, 9.17) is 0 Å². The third-order valence-corrected chi connectivity index (χ3v) is 3.91. The topological polar surface area (TPSA) is 67.1 Å². The van der Waals surface area contributed by atoms with Gasteiger partial charge in [-0.2, -0.15) is 0 Å². The first-order valence-corrected chi connectivity index (χ1v) is 8.23. The van der Waals surface area contributed by atoms with Gasteiger partial charge in [0.05, 0.1) is 6.54 Å². The minimum Gasteiger partial charge on any atom is -0.355 e. The van der Waals surface area contributed by atoms with Crippen LogP contribution in [-0.4, -0.2) is 33.8 Å². The number of nitrogens with one attached hydrogen (secondary N) is 2. The van der Waals surface area contributed by atoms with E-state index < -0.39 is 0 Å². The third kappa shape index (κ3) is 5.00. The van der Waals surface area contributed by atoms with Gasteiger partial charge in [-0.3, -0.25) is 0 Å². The van der Waals surface area contributed by atoms with Gasteiger partial charge < -0.3 is 15.2 Å². The van der Waals surface area contributed by atoms with Crippen LogP contribution in [0, 0.1) is 0 Å². The molecule has 0 unspecified atom stereocenters. The molecule has 2 N–H and O–H groups in total. The van der Waals surface area contributed by atoms with Crippen molar-refractivity contribution in [2.45, 2.75) is 26.4 Å². The second-order valence-electron chi connectivity index (χ2n) is 4.63. The molecule has 2 aromatic rings. The largest absolute Gasteiger partial charge is 0.355 e. The van der Waals surface area contributed by atoms with Crippen molar-refractivity contribution in [2.24, 2.45) is 4.99 Å². The molecular formula is C15H22N6S. The van der Waals surface area contributed by atoms with Crippen LogP contribution in [0.3, 0.4) is 0 Å². The first kappa shape index (κ1) is 16.2. The van der Waals surface area contributed by atoms with E-state index in [1.807, 2.05) is 12.1 Å². The maximum atomic E-state index is 4.58. The van der Waals surface area contributed by atoms with Gasteiger partial charge in [0.15, 0.2) is 5.96 Å². The Bertz CT molecular complexity index is 587. The fourth-order valence-corrected chi connectivity index (χ4v) is 2.57. The summed E-state index contributed by atoms with van der Waals surface area (Å²) < 4.78 is 2.05. The Morgan fingerprint density at radius 1 is 1.50 bits per heavy atom. The predicted octanol–water partition coefficient (Wildman–Crippen LogP) is 1.82. The highest BCUT2D eigenvalue weighted by Gasteiger charge is 2.02. The summed E-state index contributed by atoms with van der Waals surface area (Å²) in [5, 5.41) is 16.6. The van der Waals surface area contributed by atoms with Gasteiger partial charge in [0.2, 0.25) is 0 Å². The molecule has 118 valence electrons. The molecule has 7 heteroatoms. The summed E-state index contributed by atoms with van der Waals surface area (Å²) in [6, 6.07) is 4.13. The van der Waals surface area contributed by atoms with Crippen LogP contribution in [0.1, 0.15) is 17.6 Å². The summed E-state index contributed by atoms with van der Waals surface area (Å²) in [5.74, 6) is 1.79. The number of nitrogens with zero attached hydrogens (tertiary/aromatic N) is 4. The lowest BCUT2D eigenvalue weighted by molar-refractivity contribution is 0.633. The molecule has 22 heavy (non-hydrogen) atoms. The number of guanidine groups is 1. The van der Waals surface area contributed by atoms with E-state index in [9.17, 15) is 0 Å². The lowest BCUT2D eigenvalue weighted by Crippen LogP contribution is -2.39. The Hall–Kier alpha value is -2.15. The molecule has 0 spiro atoms. The maximum absolute atomic E-state index is 4.58. The third-order valence-electron chi connectivity index (χ3n) is 3.04. The fourth-order valence-electron chi connectivity index (χ4n) is 1.94. The highest BCUT2D eigenvalue weighted by molar-refractivity contribution is 7.09. The van der Waals surface area contributed by atoms with Crippen LogP contribution in [0.15, 0.2) is 41.5 Å². The Labute approximate surface area is 135 Å². The van der Waals surface area contributed by atoms with Gasteiger partial charge in [0, 0.05) is 30.9 Å². The van der Waals surface area contributed by atoms with E-state index in [1.165, 1.54) is 4.88 Å². The lowest BCUT2D eigenvalue weighted by Gasteiger charge is -2.12. The highest BCUT2D eigenvalue weighted by Crippen LogP contribution is 2.09. The molecule has 2 rings (SSSR count). The van der Waals surface area contributed by atoms with Gasteiger partial charge in [-0.05, 0) is 11.4 Å². The van der Waals surface area contributed by atoms with Crippen molar-refractivity contribution >= 4 is 17.3 Å². The molecule has 0 aliphatic rings. The van der Waals surface area contributed by atoms with E-state index in [2.05, 4.69) is 55.3 Å². The molecule has 0 saturated heterocycles. The monoisotopic (exact) mass is 318 g/mol. The molecule has 0 aliphatic carbocycles. The summed E-state index contributed by atoms with van der Waals surface area (Å²) >= 11 is 1.71. The van der Waals surface area contributed by atoms with E-state index in [1.54, 1.807) is 17.7 Å². The molecule has 2 heterocycles. The average molecular weight is 318 g/mol. The molecule has 0 atom stereocenters. The molecular weight excluding hydrogens is 296 g/mol. The molecule has 0 saturated carbocycles. The molecule has 2 aromatic heterocycles. The highest BCUT2D eigenvalue weighted by atomic mass is 32.1. The Morgan fingerprint density at radius 2 is 2.41 bits per heavy atom. The normalized spacial score (nSPS) is 11.4. The van der Waals surface area contributed by atoms with Crippen molar-refractivity contribution in [3.63, 3.8) is 0 Å². The van der Waals surface area contributed by atoms with Gasteiger partial charge >= 0.3 is 0 Å². The number of aliphatic imine (C=N–C) groups is 1. The molecule has 0 amide bonds. The number of aromatic nitrogens is 3. The van der Waals surface area contributed by atoms with E-state index in [0.29, 0.717) is 13.1 Å². The zero-order valence-electron chi connectivity index (χ0n) is 12.8. The van der Waals surface area contributed by atoms with Gasteiger partial charge in [0.1, 0.15) is 12.2 Å². The first-order chi connectivity index (χ1) is 10.8. The molecule has 0 aliphatic heterocycles. The number of thiophene rings is 1. The van der Waals surface area contributed by atoms with Gasteiger partial charge in [-0.25, -0.2) is 4.99 Å². The van der Waals surface area contributed by atoms with Crippen LogP contribution in [0.2, 0.25) is 0 Å². The van der Waals surface area contributed by atoms with Gasteiger partial charge in [-0.1, -0.05) is 19.1 Å². The number of hydrogen-bond donors (Lipinski definition) is 2. The van der Waals surface area contributed by atoms with E-state index in [0.717, 1.165) is 31.3 Å². The van der Waals surface area contributed by atoms with Crippen molar-refractivity contribution in [1.82, 2.24) is 25.4 Å². The Balaban J connectivity index is 1.86. The summed E-state index contributed by atoms with van der Waals surface area (Å²) in [6.45, 7) is 8.73. The van der Waals surface area contributed by atoms with Crippen LogP contribution in [0.4, 0.5) is 0 Å². The maximum Gasteiger partial charge on any atom is 0.191 e. The standard InChI is InChI=1S/C15H22N6S/c1-3-7-16-15(18-11-13-6-5-10-22-13)17-8-9-21-12-19-20-14(21)4-2/h3,5-6,10,12H,1,4,7-9,11H2,2H3,(H2,16,17,18). The first-order valence-electron chi connectivity index (χ1n) is 7.35. The lowest BCUT2D eigenvalue weighted by atomic mass is 10.4. The summed E-state index contributed by atoms with van der Waals surface area (Å²) in [5.41, 5.74) is 0. The Kier molecular flexibility index (Phi) is 6.63. The molecule has 0 aromatic carbocycles.